The summed E-state index contributed by atoms with van der Waals surface area (Å²) in [5, 5.41) is 7.38. The third kappa shape index (κ3) is 3.08. The quantitative estimate of drug-likeness (QED) is 0.652. The number of hydrogen-bond acceptors (Lipinski definition) is 4. The largest absolute Gasteiger partial charge is 0.492 e. The molecular formula is C13H14FN3OS. The van der Waals surface area contributed by atoms with E-state index in [0.717, 1.165) is 10.6 Å². The summed E-state index contributed by atoms with van der Waals surface area (Å²) in [5.41, 5.74) is 8.15. The molecule has 1 aromatic carbocycles. The van der Waals surface area contributed by atoms with Crippen LogP contribution in [-0.4, -0.2) is 17.4 Å². The van der Waals surface area contributed by atoms with Gasteiger partial charge in [0.15, 0.2) is 0 Å². The first kappa shape index (κ1) is 13.5. The predicted octanol–water partition coefficient (Wildman–Crippen LogP) is 2.50. The van der Waals surface area contributed by atoms with Crippen molar-refractivity contribution in [3.05, 3.63) is 45.7 Å². The fraction of sp³-hybridized carbons (Fsp3) is 0.231. The lowest BCUT2D eigenvalue weighted by Gasteiger charge is -2.10. The summed E-state index contributed by atoms with van der Waals surface area (Å²) in [6.45, 7) is 2.34. The summed E-state index contributed by atoms with van der Waals surface area (Å²) in [7, 11) is 0. The maximum Gasteiger partial charge on any atom is 0.137 e. The molecule has 100 valence electrons. The molecule has 0 aliphatic rings. The maximum atomic E-state index is 13.6. The summed E-state index contributed by atoms with van der Waals surface area (Å²) in [5.74, 6) is -0.573. The maximum absolute atomic E-state index is 13.6. The first-order valence-corrected chi connectivity index (χ1v) is 6.62. The number of nitrogens with zero attached hydrogens (tertiary/aromatic N) is 1. The smallest absolute Gasteiger partial charge is 0.137 e. The molecule has 0 aliphatic heterocycles. The molecule has 0 saturated heterocycles. The number of aromatic nitrogens is 1. The van der Waals surface area contributed by atoms with Gasteiger partial charge in [-0.3, -0.25) is 5.41 Å². The van der Waals surface area contributed by atoms with Crippen LogP contribution in [0, 0.1) is 18.2 Å². The number of nitrogens with two attached hydrogens (primary N) is 1. The first-order valence-electron chi connectivity index (χ1n) is 5.74. The number of ether oxygens (including phenoxy) is 1. The van der Waals surface area contributed by atoms with E-state index in [1.165, 1.54) is 12.1 Å². The van der Waals surface area contributed by atoms with Gasteiger partial charge in [-0.15, -0.1) is 11.3 Å². The van der Waals surface area contributed by atoms with Crippen LogP contribution in [0.2, 0.25) is 0 Å². The van der Waals surface area contributed by atoms with Crippen molar-refractivity contribution in [3.63, 3.8) is 0 Å². The molecule has 19 heavy (non-hydrogen) atoms. The van der Waals surface area contributed by atoms with Gasteiger partial charge in [0.05, 0.1) is 23.4 Å². The van der Waals surface area contributed by atoms with E-state index in [1.807, 2.05) is 6.92 Å². The topological polar surface area (TPSA) is 72.0 Å². The van der Waals surface area contributed by atoms with Crippen molar-refractivity contribution in [2.75, 3.05) is 6.61 Å². The van der Waals surface area contributed by atoms with Crippen molar-refractivity contribution in [3.8, 4) is 5.75 Å². The van der Waals surface area contributed by atoms with Crippen molar-refractivity contribution in [2.24, 2.45) is 5.73 Å². The average molecular weight is 279 g/mol. The summed E-state index contributed by atoms with van der Waals surface area (Å²) in [6, 6.07) is 4.41. The Bertz CT molecular complexity index is 597. The fourth-order valence-electron chi connectivity index (χ4n) is 1.71. The Morgan fingerprint density at radius 2 is 2.32 bits per heavy atom. The zero-order valence-electron chi connectivity index (χ0n) is 10.4. The second-order valence-electron chi connectivity index (χ2n) is 3.99. The summed E-state index contributed by atoms with van der Waals surface area (Å²) in [6.07, 6.45) is 0.699. The van der Waals surface area contributed by atoms with Gasteiger partial charge in [-0.25, -0.2) is 9.37 Å². The molecule has 0 spiro atoms. The standard InChI is InChI=1S/C13H14FN3OS/c1-8-11(19-7-17-8)5-6-18-10-4-2-3-9(14)12(10)13(15)16/h2-4,7H,5-6H2,1H3,(H3,15,16). The van der Waals surface area contributed by atoms with Crippen LogP contribution >= 0.6 is 11.3 Å². The van der Waals surface area contributed by atoms with Gasteiger partial charge in [0.1, 0.15) is 17.4 Å². The highest BCUT2D eigenvalue weighted by Gasteiger charge is 2.12. The molecule has 6 heteroatoms. The molecular weight excluding hydrogens is 265 g/mol. The number of nitrogens with one attached hydrogen (secondary N) is 1. The fourth-order valence-corrected chi connectivity index (χ4v) is 2.47. The Hall–Kier alpha value is -1.95. The molecule has 0 fully saturated rings. The Kier molecular flexibility index (Phi) is 4.11. The number of benzene rings is 1. The summed E-state index contributed by atoms with van der Waals surface area (Å²) in [4.78, 5) is 5.29. The monoisotopic (exact) mass is 279 g/mol. The second kappa shape index (κ2) is 5.79. The van der Waals surface area contributed by atoms with Gasteiger partial charge in [-0.05, 0) is 19.1 Å². The number of thiazole rings is 1. The minimum absolute atomic E-state index is 0.0172. The van der Waals surface area contributed by atoms with Gasteiger partial charge in [0.25, 0.3) is 0 Å². The summed E-state index contributed by atoms with van der Waals surface area (Å²) >= 11 is 1.57. The van der Waals surface area contributed by atoms with Gasteiger partial charge in [0, 0.05) is 11.3 Å². The average Bonchev–Trinajstić information content (AvgIpc) is 2.75. The zero-order chi connectivity index (χ0) is 13.8. The van der Waals surface area contributed by atoms with Gasteiger partial charge < -0.3 is 10.5 Å². The van der Waals surface area contributed by atoms with Crippen LogP contribution in [-0.2, 0) is 6.42 Å². The van der Waals surface area contributed by atoms with Crippen LogP contribution in [0.4, 0.5) is 4.39 Å². The number of aryl methyl sites for hydroxylation is 1. The number of nitrogen functional groups attached to an aromatic ring is 1. The number of rotatable bonds is 5. The Labute approximate surface area is 114 Å². The van der Waals surface area contributed by atoms with Crippen LogP contribution in [0.3, 0.4) is 0 Å². The van der Waals surface area contributed by atoms with Gasteiger partial charge in [-0.2, -0.15) is 0 Å². The van der Waals surface area contributed by atoms with E-state index in [4.69, 9.17) is 15.9 Å². The van der Waals surface area contributed by atoms with Crippen molar-refractivity contribution < 1.29 is 9.13 Å². The van der Waals surface area contributed by atoms with Gasteiger partial charge in [-0.1, -0.05) is 6.07 Å². The predicted molar refractivity (Wildman–Crippen MR) is 73.5 cm³/mol. The molecule has 1 heterocycles. The molecule has 1 aromatic heterocycles. The van der Waals surface area contributed by atoms with Crippen LogP contribution in [0.1, 0.15) is 16.1 Å². The molecule has 0 radical (unpaired) electrons. The third-order valence-electron chi connectivity index (χ3n) is 2.68. The third-order valence-corrected chi connectivity index (χ3v) is 3.67. The zero-order valence-corrected chi connectivity index (χ0v) is 11.3. The number of halogens is 1. The molecule has 0 amide bonds. The van der Waals surface area contributed by atoms with E-state index < -0.39 is 5.82 Å². The van der Waals surface area contributed by atoms with E-state index in [9.17, 15) is 4.39 Å². The van der Waals surface area contributed by atoms with Crippen LogP contribution < -0.4 is 10.5 Å². The highest BCUT2D eigenvalue weighted by atomic mass is 32.1. The molecule has 0 atom stereocenters. The molecule has 0 unspecified atom stereocenters. The van der Waals surface area contributed by atoms with E-state index in [-0.39, 0.29) is 11.4 Å². The Morgan fingerprint density at radius 1 is 1.53 bits per heavy atom. The van der Waals surface area contributed by atoms with Gasteiger partial charge >= 0.3 is 0 Å². The summed E-state index contributed by atoms with van der Waals surface area (Å²) < 4.78 is 19.1. The van der Waals surface area contributed by atoms with Crippen molar-refractivity contribution >= 4 is 17.2 Å². The van der Waals surface area contributed by atoms with Crippen LogP contribution in [0.5, 0.6) is 5.75 Å². The SMILES string of the molecule is Cc1ncsc1CCOc1cccc(F)c1C(=N)N. The number of amidine groups is 1. The molecule has 2 aromatic rings. The Balaban J connectivity index is 2.06. The minimum Gasteiger partial charge on any atom is -0.492 e. The number of hydrogen-bond donors (Lipinski definition) is 2. The highest BCUT2D eigenvalue weighted by molar-refractivity contribution is 7.09. The lowest BCUT2D eigenvalue weighted by Crippen LogP contribution is -2.16. The second-order valence-corrected chi connectivity index (χ2v) is 4.93. The van der Waals surface area contributed by atoms with E-state index in [1.54, 1.807) is 22.9 Å². The Morgan fingerprint density at radius 3 is 2.95 bits per heavy atom. The lowest BCUT2D eigenvalue weighted by molar-refractivity contribution is 0.320. The minimum atomic E-state index is -0.543. The lowest BCUT2D eigenvalue weighted by atomic mass is 10.1. The van der Waals surface area contributed by atoms with E-state index >= 15 is 0 Å². The van der Waals surface area contributed by atoms with Crippen LogP contribution in [0.15, 0.2) is 23.7 Å². The molecule has 2 rings (SSSR count). The first-order chi connectivity index (χ1) is 9.09. The van der Waals surface area contributed by atoms with Crippen molar-refractivity contribution in [1.29, 1.82) is 5.41 Å². The van der Waals surface area contributed by atoms with E-state index in [2.05, 4.69) is 4.98 Å². The van der Waals surface area contributed by atoms with Crippen LogP contribution in [0.25, 0.3) is 0 Å². The van der Waals surface area contributed by atoms with E-state index in [0.29, 0.717) is 18.8 Å². The highest BCUT2D eigenvalue weighted by Crippen LogP contribution is 2.21. The molecule has 0 saturated carbocycles. The molecule has 3 N–H and O–H groups in total. The molecule has 0 bridgehead atoms. The van der Waals surface area contributed by atoms with Crippen molar-refractivity contribution in [1.82, 2.24) is 4.98 Å². The van der Waals surface area contributed by atoms with Gasteiger partial charge in [0.2, 0.25) is 0 Å². The molecule has 4 nitrogen and oxygen atoms in total. The molecule has 0 aliphatic carbocycles. The van der Waals surface area contributed by atoms with Crippen molar-refractivity contribution in [2.45, 2.75) is 13.3 Å². The normalized spacial score (nSPS) is 10.4.